The zero-order valence-electron chi connectivity index (χ0n) is 18.6. The van der Waals surface area contributed by atoms with Gasteiger partial charge in [-0.15, -0.1) is 0 Å². The lowest BCUT2D eigenvalue weighted by atomic mass is 9.80. The van der Waals surface area contributed by atoms with Crippen molar-refractivity contribution in [2.75, 3.05) is 20.7 Å². The van der Waals surface area contributed by atoms with E-state index >= 15 is 0 Å². The molecule has 0 radical (unpaired) electrons. The number of hydrogen-bond acceptors (Lipinski definition) is 8. The molecule has 1 aliphatic carbocycles. The van der Waals surface area contributed by atoms with Gasteiger partial charge in [0.05, 0.1) is 7.11 Å². The quantitative estimate of drug-likeness (QED) is 0.347. The van der Waals surface area contributed by atoms with Gasteiger partial charge in [0.1, 0.15) is 12.2 Å². The fourth-order valence-corrected chi connectivity index (χ4v) is 4.74. The Balaban J connectivity index is 1.37. The zero-order valence-corrected chi connectivity index (χ0v) is 18.6. The molecule has 34 heavy (non-hydrogen) atoms. The fraction of sp³-hybridized carbons (Fsp3) is 0.522. The van der Waals surface area contributed by atoms with E-state index in [4.69, 9.17) is 14.2 Å². The molecule has 0 spiro atoms. The number of esters is 3. The van der Waals surface area contributed by atoms with Crippen LogP contribution in [0.1, 0.15) is 42.7 Å². The summed E-state index contributed by atoms with van der Waals surface area (Å²) in [4.78, 5) is 36.5. The van der Waals surface area contributed by atoms with Gasteiger partial charge in [0.2, 0.25) is 0 Å². The van der Waals surface area contributed by atoms with Crippen molar-refractivity contribution < 1.29 is 46.5 Å². The van der Waals surface area contributed by atoms with E-state index in [1.807, 2.05) is 25.3 Å². The van der Waals surface area contributed by atoms with Gasteiger partial charge in [-0.25, -0.2) is 4.79 Å². The first-order chi connectivity index (χ1) is 16.1. The lowest BCUT2D eigenvalue weighted by molar-refractivity contribution is -0.201. The van der Waals surface area contributed by atoms with E-state index in [1.165, 1.54) is 5.56 Å². The number of benzene rings is 1. The molecule has 0 N–H and O–H groups in total. The van der Waals surface area contributed by atoms with Gasteiger partial charge in [-0.3, -0.25) is 14.5 Å². The van der Waals surface area contributed by atoms with Crippen LogP contribution in [-0.4, -0.2) is 61.9 Å². The van der Waals surface area contributed by atoms with Gasteiger partial charge in [-0.05, 0) is 36.7 Å². The molecule has 2 heterocycles. The van der Waals surface area contributed by atoms with E-state index < -0.39 is 36.6 Å². The van der Waals surface area contributed by atoms with Crippen LogP contribution in [-0.2, 0) is 30.4 Å². The summed E-state index contributed by atoms with van der Waals surface area (Å²) in [5, 5.41) is 0. The van der Waals surface area contributed by atoms with Crippen LogP contribution in [0.4, 0.5) is 13.2 Å². The van der Waals surface area contributed by atoms with Gasteiger partial charge in [0.15, 0.2) is 11.5 Å². The van der Waals surface area contributed by atoms with E-state index in [9.17, 15) is 27.6 Å². The van der Waals surface area contributed by atoms with Crippen LogP contribution in [0, 0.1) is 0 Å². The van der Waals surface area contributed by atoms with Crippen molar-refractivity contribution >= 4 is 17.9 Å². The monoisotopic (exact) mass is 483 g/mol. The van der Waals surface area contributed by atoms with E-state index in [0.29, 0.717) is 18.7 Å². The first-order valence-corrected chi connectivity index (χ1v) is 10.8. The molecular formula is C23H24F3NO7. The van der Waals surface area contributed by atoms with Crippen LogP contribution in [0.3, 0.4) is 0 Å². The van der Waals surface area contributed by atoms with E-state index in [2.05, 4.69) is 9.64 Å². The van der Waals surface area contributed by atoms with E-state index in [0.717, 1.165) is 23.4 Å². The van der Waals surface area contributed by atoms with Gasteiger partial charge >= 0.3 is 24.1 Å². The number of halogens is 3. The number of likely N-dealkylation sites (N-methyl/N-ethyl adjacent to an activating group) is 1. The van der Waals surface area contributed by atoms with Gasteiger partial charge in [-0.1, -0.05) is 6.07 Å². The molecule has 0 saturated heterocycles. The maximum atomic E-state index is 12.3. The van der Waals surface area contributed by atoms with Crippen molar-refractivity contribution in [2.24, 2.45) is 0 Å². The Labute approximate surface area is 193 Å². The maximum absolute atomic E-state index is 12.3. The highest BCUT2D eigenvalue weighted by Crippen LogP contribution is 2.53. The van der Waals surface area contributed by atoms with Gasteiger partial charge in [0.25, 0.3) is 0 Å². The molecule has 2 aliphatic heterocycles. The van der Waals surface area contributed by atoms with Crippen LogP contribution in [0.2, 0.25) is 0 Å². The minimum atomic E-state index is -5.25. The number of rotatable bonds is 6. The molecule has 3 atom stereocenters. The number of carbonyl (C=O) groups is 3. The summed E-state index contributed by atoms with van der Waals surface area (Å²) in [5.41, 5.74) is 3.36. The summed E-state index contributed by atoms with van der Waals surface area (Å²) in [6, 6.07) is 3.93. The average molecular weight is 483 g/mol. The lowest BCUT2D eigenvalue weighted by Crippen LogP contribution is -2.35. The smallest absolute Gasteiger partial charge is 0.491 e. The second-order valence-electron chi connectivity index (χ2n) is 8.59. The predicted octanol–water partition coefficient (Wildman–Crippen LogP) is 3.03. The summed E-state index contributed by atoms with van der Waals surface area (Å²) < 4.78 is 57.4. The minimum Gasteiger partial charge on any atom is -0.493 e. The second kappa shape index (κ2) is 9.28. The largest absolute Gasteiger partial charge is 0.493 e. The normalized spacial score (nSPS) is 23.2. The lowest BCUT2D eigenvalue weighted by Gasteiger charge is -2.31. The highest BCUT2D eigenvalue weighted by atomic mass is 19.4. The number of methoxy groups -OCH3 is 1. The molecule has 3 aliphatic rings. The van der Waals surface area contributed by atoms with Crippen LogP contribution in [0.25, 0.3) is 0 Å². The topological polar surface area (TPSA) is 91.4 Å². The molecule has 0 aromatic heterocycles. The standard InChI is InChI=1S/C23H24F3NO7/c1-27-10-12-6-7-15(31-2)21-20(12)19-13(11-27)8-14(9-16(19)33-21)32-17(28)4-3-5-18(29)34-22(30)23(24,25)26/h6-8,14,16,19H,3-5,9-11H2,1-2H3/t14-,16-,19+/m0/s1. The van der Waals surface area contributed by atoms with Crippen LogP contribution < -0.4 is 9.47 Å². The molecule has 0 amide bonds. The van der Waals surface area contributed by atoms with Crippen LogP contribution in [0.5, 0.6) is 11.5 Å². The number of carbonyl (C=O) groups excluding carboxylic acids is 3. The third kappa shape index (κ3) is 4.89. The van der Waals surface area contributed by atoms with Crippen molar-refractivity contribution in [3.8, 4) is 11.5 Å². The Bertz CT molecular complexity index is 1040. The van der Waals surface area contributed by atoms with Crippen LogP contribution in [0.15, 0.2) is 23.8 Å². The van der Waals surface area contributed by atoms with Gasteiger partial charge in [0, 0.05) is 43.8 Å². The minimum absolute atomic E-state index is 0.0425. The summed E-state index contributed by atoms with van der Waals surface area (Å²) >= 11 is 0. The molecule has 0 unspecified atom stereocenters. The molecule has 1 aromatic carbocycles. The molecule has 1 aromatic rings. The second-order valence-corrected chi connectivity index (χ2v) is 8.59. The van der Waals surface area contributed by atoms with Crippen LogP contribution >= 0.6 is 0 Å². The zero-order chi connectivity index (χ0) is 24.6. The highest BCUT2D eigenvalue weighted by Gasteiger charge is 2.46. The number of alkyl halides is 3. The van der Waals surface area contributed by atoms with Crippen molar-refractivity contribution in [1.82, 2.24) is 4.90 Å². The van der Waals surface area contributed by atoms with Gasteiger partial charge < -0.3 is 18.9 Å². The summed E-state index contributed by atoms with van der Waals surface area (Å²) in [7, 11) is 3.59. The molecule has 4 rings (SSSR count). The SMILES string of the molecule is COc1ccc2c3c1O[C@H]1C[C@@H](OC(=O)CCCC(=O)OC(=O)C(F)(F)F)C=C(CN(C)C2)[C@@H]31. The van der Waals surface area contributed by atoms with Gasteiger partial charge in [-0.2, -0.15) is 13.2 Å². The van der Waals surface area contributed by atoms with Crippen molar-refractivity contribution in [1.29, 1.82) is 0 Å². The maximum Gasteiger partial charge on any atom is 0.491 e. The molecule has 0 saturated carbocycles. The number of nitrogens with zero attached hydrogens (tertiary/aromatic N) is 1. The first-order valence-electron chi connectivity index (χ1n) is 10.8. The molecule has 0 bridgehead atoms. The summed E-state index contributed by atoms with van der Waals surface area (Å²) in [6.45, 7) is 1.42. The summed E-state index contributed by atoms with van der Waals surface area (Å²) in [6.07, 6.45) is -4.48. The Morgan fingerprint density at radius 3 is 2.59 bits per heavy atom. The molecule has 0 fully saturated rings. The van der Waals surface area contributed by atoms with E-state index in [1.54, 1.807) is 7.11 Å². The molecular weight excluding hydrogens is 459 g/mol. The number of ether oxygens (including phenoxy) is 4. The number of hydrogen-bond donors (Lipinski definition) is 0. The average Bonchev–Trinajstić information content (AvgIpc) is 3.05. The van der Waals surface area contributed by atoms with Crippen molar-refractivity contribution in [2.45, 2.75) is 56.5 Å². The Morgan fingerprint density at radius 1 is 1.15 bits per heavy atom. The Hall–Kier alpha value is -3.08. The molecule has 184 valence electrons. The third-order valence-electron chi connectivity index (χ3n) is 6.06. The third-order valence-corrected chi connectivity index (χ3v) is 6.06. The van der Waals surface area contributed by atoms with E-state index in [-0.39, 0.29) is 24.9 Å². The predicted molar refractivity (Wildman–Crippen MR) is 110 cm³/mol. The Kier molecular flexibility index (Phi) is 6.57. The first kappa shape index (κ1) is 24.1. The molecule has 11 heteroatoms. The van der Waals surface area contributed by atoms with Crippen molar-refractivity contribution in [3.63, 3.8) is 0 Å². The summed E-state index contributed by atoms with van der Waals surface area (Å²) in [5.74, 6) is -3.11. The fourth-order valence-electron chi connectivity index (χ4n) is 4.74. The highest BCUT2D eigenvalue weighted by molar-refractivity contribution is 5.88. The molecule has 8 nitrogen and oxygen atoms in total. The Morgan fingerprint density at radius 2 is 1.88 bits per heavy atom. The van der Waals surface area contributed by atoms with Crippen molar-refractivity contribution in [3.05, 3.63) is 34.9 Å².